The SMILES string of the molecule is CN=C(NCCCn1cccn1)NCC1(N2CCCCC2)CCCCC1. The van der Waals surface area contributed by atoms with Crippen molar-refractivity contribution in [2.45, 2.75) is 69.9 Å². The molecule has 1 aliphatic carbocycles. The highest BCUT2D eigenvalue weighted by atomic mass is 15.3. The third-order valence-electron chi connectivity index (χ3n) is 6.04. The van der Waals surface area contributed by atoms with E-state index in [-0.39, 0.29) is 0 Å². The molecule has 3 rings (SSSR count). The summed E-state index contributed by atoms with van der Waals surface area (Å²) in [5.41, 5.74) is 0.339. The zero-order valence-corrected chi connectivity index (χ0v) is 16.4. The molecule has 0 unspecified atom stereocenters. The minimum absolute atomic E-state index is 0.339. The van der Waals surface area contributed by atoms with E-state index in [1.807, 2.05) is 30.2 Å². The number of nitrogens with one attached hydrogen (secondary N) is 2. The quantitative estimate of drug-likeness (QED) is 0.446. The van der Waals surface area contributed by atoms with Crippen LogP contribution in [0.3, 0.4) is 0 Å². The Morgan fingerprint density at radius 3 is 2.54 bits per heavy atom. The van der Waals surface area contributed by atoms with E-state index in [1.165, 1.54) is 64.5 Å². The molecule has 1 aromatic heterocycles. The van der Waals surface area contributed by atoms with Crippen LogP contribution >= 0.6 is 0 Å². The summed E-state index contributed by atoms with van der Waals surface area (Å²) in [7, 11) is 1.87. The molecule has 0 aromatic carbocycles. The van der Waals surface area contributed by atoms with E-state index >= 15 is 0 Å². The van der Waals surface area contributed by atoms with Gasteiger partial charge in [0.05, 0.1) is 0 Å². The van der Waals surface area contributed by atoms with Gasteiger partial charge in [0.1, 0.15) is 0 Å². The smallest absolute Gasteiger partial charge is 0.191 e. The van der Waals surface area contributed by atoms with Crippen molar-refractivity contribution in [2.75, 3.05) is 33.2 Å². The molecule has 26 heavy (non-hydrogen) atoms. The number of nitrogens with zero attached hydrogens (tertiary/aromatic N) is 4. The van der Waals surface area contributed by atoms with Crippen LogP contribution in [0.2, 0.25) is 0 Å². The fraction of sp³-hybridized carbons (Fsp3) is 0.800. The van der Waals surface area contributed by atoms with E-state index in [1.54, 1.807) is 0 Å². The topological polar surface area (TPSA) is 57.5 Å². The Bertz CT molecular complexity index is 527. The lowest BCUT2D eigenvalue weighted by Crippen LogP contribution is -2.59. The van der Waals surface area contributed by atoms with Gasteiger partial charge in [0.2, 0.25) is 0 Å². The van der Waals surface area contributed by atoms with Crippen molar-refractivity contribution in [3.8, 4) is 0 Å². The number of aromatic nitrogens is 2. The largest absolute Gasteiger partial charge is 0.356 e. The maximum absolute atomic E-state index is 4.44. The predicted octanol–water partition coefficient (Wildman–Crippen LogP) is 2.63. The van der Waals surface area contributed by atoms with Crippen LogP contribution in [-0.4, -0.2) is 59.4 Å². The molecule has 1 saturated carbocycles. The first-order valence-electron chi connectivity index (χ1n) is 10.5. The van der Waals surface area contributed by atoms with E-state index < -0.39 is 0 Å². The van der Waals surface area contributed by atoms with Crippen LogP contribution in [0.4, 0.5) is 0 Å². The molecule has 0 amide bonds. The average molecular weight is 361 g/mol. The van der Waals surface area contributed by atoms with Crippen molar-refractivity contribution in [2.24, 2.45) is 4.99 Å². The Kier molecular flexibility index (Phi) is 7.35. The van der Waals surface area contributed by atoms with Gasteiger partial charge in [-0.1, -0.05) is 25.7 Å². The molecule has 6 nitrogen and oxygen atoms in total. The highest BCUT2D eigenvalue weighted by molar-refractivity contribution is 5.79. The molecule has 6 heteroatoms. The van der Waals surface area contributed by atoms with Gasteiger partial charge in [-0.15, -0.1) is 0 Å². The zero-order valence-electron chi connectivity index (χ0n) is 16.4. The summed E-state index contributed by atoms with van der Waals surface area (Å²) in [6, 6.07) is 1.97. The molecule has 2 N–H and O–H groups in total. The van der Waals surface area contributed by atoms with Gasteiger partial charge in [-0.3, -0.25) is 14.6 Å². The second-order valence-corrected chi connectivity index (χ2v) is 7.81. The second kappa shape index (κ2) is 9.95. The van der Waals surface area contributed by atoms with Crippen LogP contribution in [-0.2, 0) is 6.54 Å². The Hall–Kier alpha value is -1.56. The maximum atomic E-state index is 4.44. The minimum atomic E-state index is 0.339. The van der Waals surface area contributed by atoms with E-state index in [0.717, 1.165) is 32.0 Å². The van der Waals surface area contributed by atoms with Gasteiger partial charge in [0, 0.05) is 44.6 Å². The Morgan fingerprint density at radius 2 is 1.85 bits per heavy atom. The predicted molar refractivity (Wildman–Crippen MR) is 107 cm³/mol. The van der Waals surface area contributed by atoms with Crippen LogP contribution in [0.1, 0.15) is 57.8 Å². The molecule has 1 saturated heterocycles. The first kappa shape index (κ1) is 19.2. The van der Waals surface area contributed by atoms with Crippen molar-refractivity contribution < 1.29 is 0 Å². The normalized spacial score (nSPS) is 21.5. The van der Waals surface area contributed by atoms with Gasteiger partial charge in [-0.05, 0) is 51.3 Å². The average Bonchev–Trinajstić information content (AvgIpc) is 3.22. The van der Waals surface area contributed by atoms with E-state index in [0.29, 0.717) is 5.54 Å². The number of rotatable bonds is 7. The molecule has 1 aromatic rings. The maximum Gasteiger partial charge on any atom is 0.191 e. The highest BCUT2D eigenvalue weighted by Crippen LogP contribution is 2.35. The first-order chi connectivity index (χ1) is 12.8. The van der Waals surface area contributed by atoms with Crippen LogP contribution < -0.4 is 10.6 Å². The number of aryl methyl sites for hydroxylation is 1. The molecule has 0 bridgehead atoms. The van der Waals surface area contributed by atoms with Gasteiger partial charge in [-0.2, -0.15) is 5.10 Å². The molecule has 2 fully saturated rings. The number of aliphatic imine (C=N–C) groups is 1. The van der Waals surface area contributed by atoms with Crippen LogP contribution in [0, 0.1) is 0 Å². The van der Waals surface area contributed by atoms with Gasteiger partial charge in [0.25, 0.3) is 0 Å². The highest BCUT2D eigenvalue weighted by Gasteiger charge is 2.38. The lowest BCUT2D eigenvalue weighted by atomic mass is 9.79. The molecule has 2 heterocycles. The lowest BCUT2D eigenvalue weighted by molar-refractivity contribution is 0.0368. The molecule has 0 spiro atoms. The van der Waals surface area contributed by atoms with Crippen molar-refractivity contribution in [3.63, 3.8) is 0 Å². The van der Waals surface area contributed by atoms with Gasteiger partial charge >= 0.3 is 0 Å². The number of hydrogen-bond acceptors (Lipinski definition) is 3. The van der Waals surface area contributed by atoms with Crippen LogP contribution in [0.25, 0.3) is 0 Å². The number of hydrogen-bond donors (Lipinski definition) is 2. The summed E-state index contributed by atoms with van der Waals surface area (Å²) < 4.78 is 1.98. The molecule has 2 aliphatic rings. The Morgan fingerprint density at radius 1 is 1.08 bits per heavy atom. The van der Waals surface area contributed by atoms with E-state index in [9.17, 15) is 0 Å². The fourth-order valence-corrected chi connectivity index (χ4v) is 4.53. The van der Waals surface area contributed by atoms with Crippen molar-refractivity contribution >= 4 is 5.96 Å². The third-order valence-corrected chi connectivity index (χ3v) is 6.04. The Labute approximate surface area is 158 Å². The molecular formula is C20H36N6. The molecular weight excluding hydrogens is 324 g/mol. The summed E-state index contributed by atoms with van der Waals surface area (Å²) in [6.07, 6.45) is 15.8. The van der Waals surface area contributed by atoms with Crippen molar-refractivity contribution in [1.29, 1.82) is 0 Å². The molecule has 146 valence electrons. The van der Waals surface area contributed by atoms with Crippen LogP contribution in [0.15, 0.2) is 23.5 Å². The molecule has 0 radical (unpaired) electrons. The summed E-state index contributed by atoms with van der Waals surface area (Å²) in [5.74, 6) is 0.937. The molecule has 0 atom stereocenters. The van der Waals surface area contributed by atoms with Gasteiger partial charge in [-0.25, -0.2) is 0 Å². The van der Waals surface area contributed by atoms with Gasteiger partial charge < -0.3 is 10.6 Å². The number of piperidine rings is 1. The Balaban J connectivity index is 1.46. The van der Waals surface area contributed by atoms with Crippen LogP contribution in [0.5, 0.6) is 0 Å². The van der Waals surface area contributed by atoms with E-state index in [2.05, 4.69) is 25.6 Å². The summed E-state index contributed by atoms with van der Waals surface area (Å²) in [5, 5.41) is 11.4. The summed E-state index contributed by atoms with van der Waals surface area (Å²) in [4.78, 5) is 7.22. The zero-order chi connectivity index (χ0) is 18.1. The lowest BCUT2D eigenvalue weighted by Gasteiger charge is -2.48. The standard InChI is InChI=1S/C20H36N6/c1-21-19(22-12-8-16-26-17-9-13-24-26)23-18-20(10-4-2-5-11-20)25-14-6-3-7-15-25/h9,13,17H,2-8,10-12,14-16,18H2,1H3,(H2,21,22,23). The number of guanidine groups is 1. The van der Waals surface area contributed by atoms with Crippen molar-refractivity contribution in [1.82, 2.24) is 25.3 Å². The summed E-state index contributed by atoms with van der Waals surface area (Å²) >= 11 is 0. The third kappa shape index (κ3) is 5.22. The van der Waals surface area contributed by atoms with E-state index in [4.69, 9.17) is 0 Å². The summed E-state index contributed by atoms with van der Waals surface area (Å²) in [6.45, 7) is 5.42. The minimum Gasteiger partial charge on any atom is -0.356 e. The first-order valence-corrected chi connectivity index (χ1v) is 10.5. The van der Waals surface area contributed by atoms with Crippen molar-refractivity contribution in [3.05, 3.63) is 18.5 Å². The second-order valence-electron chi connectivity index (χ2n) is 7.81. The fourth-order valence-electron chi connectivity index (χ4n) is 4.53. The monoisotopic (exact) mass is 360 g/mol. The van der Waals surface area contributed by atoms with Gasteiger partial charge in [0.15, 0.2) is 5.96 Å². The molecule has 1 aliphatic heterocycles. The number of likely N-dealkylation sites (tertiary alicyclic amines) is 1.